The van der Waals surface area contributed by atoms with Gasteiger partial charge in [-0.1, -0.05) is 68.8 Å². The third-order valence-corrected chi connectivity index (χ3v) is 9.59. The molecule has 2 aromatic carbocycles. The number of hydrogen-bond donors (Lipinski definition) is 2. The molecule has 2 aliphatic rings. The first-order valence-corrected chi connectivity index (χ1v) is 16.4. The number of carbonyl (C=O) groups is 2. The van der Waals surface area contributed by atoms with E-state index in [2.05, 4.69) is 20.2 Å². The molecule has 3 N–H and O–H groups in total. The Kier molecular flexibility index (Phi) is 8.81. The monoisotopic (exact) mass is 689 g/mol. The van der Waals surface area contributed by atoms with Crippen molar-refractivity contribution in [3.8, 4) is 22.6 Å². The summed E-state index contributed by atoms with van der Waals surface area (Å²) in [4.78, 5) is 42.8. The van der Waals surface area contributed by atoms with Crippen molar-refractivity contribution in [1.29, 1.82) is 0 Å². The molecule has 1 aliphatic carbocycles. The SMILES string of the molecule is CC(C)(C)C[C@]1(c2ccc(-c3ccccn3)cc2)N=C(N)N([C@H](COC(=O)CC2(C(C)(F)F)CC2)c2ccc(Cl)c(-c3ncn[nH]3)c2)C1=O. The van der Waals surface area contributed by atoms with Gasteiger partial charge in [-0.15, -0.1) is 0 Å². The van der Waals surface area contributed by atoms with Crippen LogP contribution in [0.3, 0.4) is 0 Å². The molecule has 0 spiro atoms. The summed E-state index contributed by atoms with van der Waals surface area (Å²) in [5.41, 5.74) is 6.72. The minimum atomic E-state index is -3.03. The molecule has 0 unspecified atom stereocenters. The summed E-state index contributed by atoms with van der Waals surface area (Å²) in [7, 11) is 0. The normalized spacial score (nSPS) is 19.4. The summed E-state index contributed by atoms with van der Waals surface area (Å²) in [5, 5.41) is 7.06. The smallest absolute Gasteiger partial charge is 0.306 e. The van der Waals surface area contributed by atoms with Crippen LogP contribution in [-0.4, -0.2) is 55.4 Å². The molecule has 6 rings (SSSR count). The molecule has 49 heavy (non-hydrogen) atoms. The molecular formula is C36H38ClF2N7O3. The van der Waals surface area contributed by atoms with E-state index < -0.39 is 41.2 Å². The Labute approximate surface area is 288 Å². The molecule has 256 valence electrons. The third kappa shape index (κ3) is 6.79. The van der Waals surface area contributed by atoms with Gasteiger partial charge < -0.3 is 10.5 Å². The van der Waals surface area contributed by atoms with E-state index in [1.54, 1.807) is 24.4 Å². The lowest BCUT2D eigenvalue weighted by Gasteiger charge is -2.35. The van der Waals surface area contributed by atoms with Gasteiger partial charge in [0.05, 0.1) is 23.2 Å². The summed E-state index contributed by atoms with van der Waals surface area (Å²) in [5.74, 6) is -3.93. The lowest BCUT2D eigenvalue weighted by Crippen LogP contribution is -2.47. The van der Waals surface area contributed by atoms with E-state index in [4.69, 9.17) is 27.1 Å². The first-order valence-electron chi connectivity index (χ1n) is 16.0. The average Bonchev–Trinajstić information content (AvgIpc) is 3.55. The van der Waals surface area contributed by atoms with Gasteiger partial charge in [-0.05, 0) is 67.0 Å². The van der Waals surface area contributed by atoms with Crippen molar-refractivity contribution in [1.82, 2.24) is 25.1 Å². The lowest BCUT2D eigenvalue weighted by molar-refractivity contribution is -0.153. The number of guanidine groups is 1. The Balaban J connectivity index is 1.38. The van der Waals surface area contributed by atoms with Crippen molar-refractivity contribution in [3.63, 3.8) is 0 Å². The van der Waals surface area contributed by atoms with Crippen LogP contribution in [-0.2, 0) is 19.9 Å². The molecule has 2 atom stereocenters. The molecule has 2 aromatic heterocycles. The molecule has 13 heteroatoms. The number of alkyl halides is 2. The van der Waals surface area contributed by atoms with Gasteiger partial charge in [-0.2, -0.15) is 5.10 Å². The van der Waals surface area contributed by atoms with E-state index in [-0.39, 0.29) is 30.8 Å². The highest BCUT2D eigenvalue weighted by Crippen LogP contribution is 2.59. The molecule has 3 heterocycles. The van der Waals surface area contributed by atoms with Gasteiger partial charge in [0.1, 0.15) is 12.9 Å². The van der Waals surface area contributed by atoms with Crippen LogP contribution in [0.1, 0.15) is 70.5 Å². The van der Waals surface area contributed by atoms with Gasteiger partial charge in [-0.25, -0.2) is 18.8 Å². The Morgan fingerprint density at radius 1 is 1.08 bits per heavy atom. The van der Waals surface area contributed by atoms with Crippen molar-refractivity contribution in [2.45, 2.75) is 70.9 Å². The molecule has 1 fully saturated rings. The summed E-state index contributed by atoms with van der Waals surface area (Å²) >= 11 is 6.54. The maximum atomic E-state index is 14.9. The van der Waals surface area contributed by atoms with Gasteiger partial charge >= 0.3 is 5.97 Å². The second-order valence-electron chi connectivity index (χ2n) is 14.2. The van der Waals surface area contributed by atoms with Gasteiger partial charge in [0.2, 0.25) is 0 Å². The highest BCUT2D eigenvalue weighted by atomic mass is 35.5. The summed E-state index contributed by atoms with van der Waals surface area (Å²) in [6, 6.07) is 17.2. The fourth-order valence-corrected chi connectivity index (χ4v) is 6.74. The van der Waals surface area contributed by atoms with Crippen LogP contribution in [0.15, 0.2) is 78.2 Å². The Morgan fingerprint density at radius 3 is 2.41 bits per heavy atom. The molecule has 10 nitrogen and oxygen atoms in total. The number of aromatic nitrogens is 4. The minimum absolute atomic E-state index is 0.0704. The van der Waals surface area contributed by atoms with E-state index in [1.807, 2.05) is 63.2 Å². The van der Waals surface area contributed by atoms with Crippen molar-refractivity contribution >= 4 is 29.4 Å². The average molecular weight is 690 g/mol. The second-order valence-corrected chi connectivity index (χ2v) is 14.6. The number of ether oxygens (including phenoxy) is 1. The zero-order valence-electron chi connectivity index (χ0n) is 27.7. The number of H-pyrrole nitrogens is 1. The van der Waals surface area contributed by atoms with Gasteiger partial charge in [0.25, 0.3) is 11.8 Å². The van der Waals surface area contributed by atoms with E-state index >= 15 is 0 Å². The second kappa shape index (κ2) is 12.6. The molecule has 0 bridgehead atoms. The highest BCUT2D eigenvalue weighted by molar-refractivity contribution is 6.33. The molecule has 4 aromatic rings. The number of rotatable bonds is 11. The number of carbonyl (C=O) groups excluding carboxylic acids is 2. The predicted octanol–water partition coefficient (Wildman–Crippen LogP) is 7.09. The number of esters is 1. The largest absolute Gasteiger partial charge is 0.463 e. The van der Waals surface area contributed by atoms with E-state index in [0.717, 1.165) is 18.2 Å². The number of amides is 1. The van der Waals surface area contributed by atoms with Crippen LogP contribution >= 0.6 is 11.6 Å². The number of aromatic amines is 1. The number of pyridine rings is 1. The molecular weight excluding hydrogens is 652 g/mol. The first kappa shape index (κ1) is 34.2. The molecule has 1 amide bonds. The third-order valence-electron chi connectivity index (χ3n) is 9.26. The number of nitrogens with two attached hydrogens (primary N) is 1. The highest BCUT2D eigenvalue weighted by Gasteiger charge is 2.60. The predicted molar refractivity (Wildman–Crippen MR) is 181 cm³/mol. The zero-order chi connectivity index (χ0) is 35.2. The number of halogens is 3. The summed E-state index contributed by atoms with van der Waals surface area (Å²) in [6.07, 6.45) is 3.37. The van der Waals surface area contributed by atoms with E-state index in [0.29, 0.717) is 34.0 Å². The number of benzene rings is 2. The van der Waals surface area contributed by atoms with Gasteiger partial charge in [0, 0.05) is 22.7 Å². The maximum absolute atomic E-state index is 14.9. The zero-order valence-corrected chi connectivity index (χ0v) is 28.5. The van der Waals surface area contributed by atoms with Crippen LogP contribution in [0.4, 0.5) is 8.78 Å². The van der Waals surface area contributed by atoms with Crippen molar-refractivity contribution < 1.29 is 23.1 Å². The minimum Gasteiger partial charge on any atom is -0.463 e. The lowest BCUT2D eigenvalue weighted by atomic mass is 9.75. The summed E-state index contributed by atoms with van der Waals surface area (Å²) < 4.78 is 34.4. The van der Waals surface area contributed by atoms with Crippen molar-refractivity contribution in [3.05, 3.63) is 89.3 Å². The quantitative estimate of drug-likeness (QED) is 0.160. The molecule has 1 aliphatic heterocycles. The Hall–Kier alpha value is -4.71. The number of nitrogens with zero attached hydrogens (tertiary/aromatic N) is 5. The number of hydrogen-bond acceptors (Lipinski definition) is 8. The standard InChI is InChI=1S/C36H38ClF2N7O3/c1-33(2,3)20-36(24-11-8-22(9-12-24)27-7-5-6-16-41-27)31(48)46(32(40)44-36)28(19-49-29(47)18-35(14-15-35)34(4,38)39)23-10-13-26(37)25(17-23)30-42-21-43-45-30/h5-13,16-17,21,28H,14-15,18-20H2,1-4H3,(H2,40,44)(H,42,43,45)/t28-,36-/m1/s1. The maximum Gasteiger partial charge on any atom is 0.306 e. The topological polar surface area (TPSA) is 139 Å². The first-order chi connectivity index (χ1) is 23.1. The van der Waals surface area contributed by atoms with Crippen LogP contribution in [0.5, 0.6) is 0 Å². The number of aliphatic imine (C=N–C) groups is 1. The van der Waals surface area contributed by atoms with Gasteiger partial charge in [-0.3, -0.25) is 24.6 Å². The number of nitrogens with one attached hydrogen (secondary N) is 1. The Morgan fingerprint density at radius 2 is 1.82 bits per heavy atom. The fraction of sp³-hybridized carbons (Fsp3) is 0.389. The van der Waals surface area contributed by atoms with Crippen LogP contribution < -0.4 is 5.73 Å². The van der Waals surface area contributed by atoms with Crippen molar-refractivity contribution in [2.24, 2.45) is 21.6 Å². The van der Waals surface area contributed by atoms with Crippen molar-refractivity contribution in [2.75, 3.05) is 6.61 Å². The van der Waals surface area contributed by atoms with Gasteiger partial charge in [0.15, 0.2) is 17.3 Å². The van der Waals surface area contributed by atoms with Crippen LogP contribution in [0.25, 0.3) is 22.6 Å². The van der Waals surface area contributed by atoms with E-state index in [9.17, 15) is 18.4 Å². The molecule has 1 saturated carbocycles. The van der Waals surface area contributed by atoms with E-state index in [1.165, 1.54) is 11.2 Å². The summed E-state index contributed by atoms with van der Waals surface area (Å²) in [6.45, 7) is 6.49. The fourth-order valence-electron chi connectivity index (χ4n) is 6.53. The van der Waals surface area contributed by atoms with Crippen LogP contribution in [0.2, 0.25) is 5.02 Å². The Bertz CT molecular complexity index is 1870. The molecule has 0 saturated heterocycles. The molecule has 0 radical (unpaired) electrons. The van der Waals surface area contributed by atoms with Crippen LogP contribution in [0, 0.1) is 10.8 Å².